The summed E-state index contributed by atoms with van der Waals surface area (Å²) in [5.41, 5.74) is 2.08. The first-order chi connectivity index (χ1) is 8.81. The van der Waals surface area contributed by atoms with Crippen LogP contribution in [0.3, 0.4) is 0 Å². The molecule has 0 aliphatic heterocycles. The van der Waals surface area contributed by atoms with Crippen LogP contribution < -0.4 is 5.43 Å². The van der Waals surface area contributed by atoms with E-state index in [9.17, 15) is 4.79 Å². The van der Waals surface area contributed by atoms with E-state index >= 15 is 0 Å². The van der Waals surface area contributed by atoms with Gasteiger partial charge < -0.3 is 4.98 Å². The Morgan fingerprint density at radius 2 is 2.06 bits per heavy atom. The molecule has 1 heterocycles. The van der Waals surface area contributed by atoms with Crippen molar-refractivity contribution in [3.8, 4) is 0 Å². The van der Waals surface area contributed by atoms with Crippen molar-refractivity contribution in [2.45, 2.75) is 32.6 Å². The van der Waals surface area contributed by atoms with Gasteiger partial charge in [-0.15, -0.1) is 0 Å². The second kappa shape index (κ2) is 6.20. The van der Waals surface area contributed by atoms with Crippen molar-refractivity contribution < 1.29 is 0 Å². The predicted molar refractivity (Wildman–Crippen MR) is 76.9 cm³/mol. The molecule has 1 N–H and O–H groups in total. The van der Waals surface area contributed by atoms with Crippen molar-refractivity contribution in [2.75, 3.05) is 0 Å². The highest BCUT2D eigenvalue weighted by Gasteiger charge is 2.00. The van der Waals surface area contributed by atoms with Crippen LogP contribution in [0.25, 0.3) is 10.9 Å². The lowest BCUT2D eigenvalue weighted by Gasteiger charge is -2.03. The van der Waals surface area contributed by atoms with Gasteiger partial charge in [-0.05, 0) is 37.8 Å². The van der Waals surface area contributed by atoms with Gasteiger partial charge in [-0.2, -0.15) is 0 Å². The maximum Gasteiger partial charge on any atom is 0.189 e. The second-order valence-corrected chi connectivity index (χ2v) is 4.48. The minimum absolute atomic E-state index is 0.114. The number of para-hydroxylation sites is 1. The topological polar surface area (TPSA) is 32.9 Å². The Morgan fingerprint density at radius 3 is 2.89 bits per heavy atom. The highest BCUT2D eigenvalue weighted by Crippen LogP contribution is 2.09. The number of H-pyrrole nitrogens is 1. The predicted octanol–water partition coefficient (Wildman–Crippen LogP) is 3.82. The number of benzene rings is 1. The normalized spacial score (nSPS) is 11.4. The number of hydrogen-bond donors (Lipinski definition) is 1. The van der Waals surface area contributed by atoms with Gasteiger partial charge in [-0.25, -0.2) is 0 Å². The number of pyridine rings is 1. The summed E-state index contributed by atoms with van der Waals surface area (Å²) in [7, 11) is 0. The fraction of sp³-hybridized carbons (Fsp3) is 0.312. The maximum atomic E-state index is 11.9. The third-order valence-corrected chi connectivity index (χ3v) is 3.01. The molecular weight excluding hydrogens is 222 g/mol. The summed E-state index contributed by atoms with van der Waals surface area (Å²) in [5.74, 6) is 0. The number of aromatic nitrogens is 1. The van der Waals surface area contributed by atoms with E-state index < -0.39 is 0 Å². The Balaban J connectivity index is 2.10. The Labute approximate surface area is 107 Å². The van der Waals surface area contributed by atoms with Gasteiger partial charge >= 0.3 is 0 Å². The highest BCUT2D eigenvalue weighted by molar-refractivity contribution is 5.78. The number of aryl methyl sites for hydroxylation is 1. The van der Waals surface area contributed by atoms with E-state index in [4.69, 9.17) is 0 Å². The number of rotatable bonds is 5. The molecule has 0 amide bonds. The quantitative estimate of drug-likeness (QED) is 0.626. The molecule has 0 spiro atoms. The second-order valence-electron chi connectivity index (χ2n) is 4.48. The average molecular weight is 241 g/mol. The molecule has 2 nitrogen and oxygen atoms in total. The molecule has 0 unspecified atom stereocenters. The summed E-state index contributed by atoms with van der Waals surface area (Å²) < 4.78 is 0. The standard InChI is InChI=1S/C16H19NO/c1-2-3-4-5-6-9-13-12-16(18)14-10-7-8-11-15(14)17-13/h3-4,7-8,10-12H,2,5-6,9H2,1H3,(H,17,18). The number of aromatic amines is 1. The Morgan fingerprint density at radius 1 is 1.22 bits per heavy atom. The number of allylic oxidation sites excluding steroid dienone is 2. The van der Waals surface area contributed by atoms with E-state index in [0.29, 0.717) is 0 Å². The van der Waals surface area contributed by atoms with Gasteiger partial charge in [0.25, 0.3) is 0 Å². The minimum atomic E-state index is 0.114. The molecule has 0 radical (unpaired) electrons. The van der Waals surface area contributed by atoms with Crippen molar-refractivity contribution in [1.82, 2.24) is 4.98 Å². The van der Waals surface area contributed by atoms with E-state index in [1.807, 2.05) is 24.3 Å². The number of unbranched alkanes of at least 4 members (excludes halogenated alkanes) is 1. The minimum Gasteiger partial charge on any atom is -0.358 e. The lowest BCUT2D eigenvalue weighted by Crippen LogP contribution is -2.04. The first-order valence-corrected chi connectivity index (χ1v) is 6.57. The molecule has 0 aliphatic carbocycles. The van der Waals surface area contributed by atoms with E-state index in [1.54, 1.807) is 6.07 Å². The molecule has 0 atom stereocenters. The Bertz CT molecular complexity index is 595. The maximum absolute atomic E-state index is 11.9. The van der Waals surface area contributed by atoms with Gasteiger partial charge in [0.15, 0.2) is 5.43 Å². The number of nitrogens with one attached hydrogen (secondary N) is 1. The zero-order valence-corrected chi connectivity index (χ0v) is 10.8. The van der Waals surface area contributed by atoms with Crippen molar-refractivity contribution in [3.63, 3.8) is 0 Å². The van der Waals surface area contributed by atoms with Gasteiger partial charge in [-0.1, -0.05) is 31.2 Å². The zero-order chi connectivity index (χ0) is 12.8. The summed E-state index contributed by atoms with van der Waals surface area (Å²) in [5, 5.41) is 0.770. The zero-order valence-electron chi connectivity index (χ0n) is 10.8. The van der Waals surface area contributed by atoms with Crippen LogP contribution in [0.5, 0.6) is 0 Å². The highest BCUT2D eigenvalue weighted by atomic mass is 16.1. The molecule has 0 bridgehead atoms. The van der Waals surface area contributed by atoms with Gasteiger partial charge in [0.05, 0.1) is 0 Å². The summed E-state index contributed by atoms with van der Waals surface area (Å²) in [6, 6.07) is 9.39. The van der Waals surface area contributed by atoms with Crippen molar-refractivity contribution >= 4 is 10.9 Å². The fourth-order valence-corrected chi connectivity index (χ4v) is 2.08. The molecule has 0 saturated carbocycles. The Kier molecular flexibility index (Phi) is 4.35. The largest absolute Gasteiger partial charge is 0.358 e. The molecule has 0 aliphatic rings. The SMILES string of the molecule is CCC=CCCCc1cc(=O)c2ccccc2[nH]1. The van der Waals surface area contributed by atoms with Crippen LogP contribution >= 0.6 is 0 Å². The van der Waals surface area contributed by atoms with Crippen LogP contribution in [-0.2, 0) is 6.42 Å². The molecular formula is C16H19NO. The van der Waals surface area contributed by atoms with E-state index in [0.717, 1.165) is 42.3 Å². The molecule has 18 heavy (non-hydrogen) atoms. The van der Waals surface area contributed by atoms with Crippen LogP contribution in [0.2, 0.25) is 0 Å². The van der Waals surface area contributed by atoms with Crippen LogP contribution in [0.15, 0.2) is 47.3 Å². The molecule has 2 aromatic rings. The van der Waals surface area contributed by atoms with E-state index in [-0.39, 0.29) is 5.43 Å². The smallest absolute Gasteiger partial charge is 0.189 e. The summed E-state index contributed by atoms with van der Waals surface area (Å²) in [6.45, 7) is 2.14. The van der Waals surface area contributed by atoms with Crippen LogP contribution in [-0.4, -0.2) is 4.98 Å². The molecule has 2 rings (SSSR count). The van der Waals surface area contributed by atoms with Crippen molar-refractivity contribution in [1.29, 1.82) is 0 Å². The summed E-state index contributed by atoms with van der Waals surface area (Å²) in [6.07, 6.45) is 8.55. The van der Waals surface area contributed by atoms with E-state index in [1.165, 1.54) is 0 Å². The van der Waals surface area contributed by atoms with Gasteiger partial charge in [0, 0.05) is 22.7 Å². The molecule has 1 aromatic carbocycles. The van der Waals surface area contributed by atoms with Crippen LogP contribution in [0.1, 0.15) is 31.9 Å². The molecule has 0 fully saturated rings. The molecule has 94 valence electrons. The van der Waals surface area contributed by atoms with Crippen LogP contribution in [0, 0.1) is 0 Å². The van der Waals surface area contributed by atoms with Gasteiger partial charge in [0.1, 0.15) is 0 Å². The molecule has 0 saturated heterocycles. The summed E-state index contributed by atoms with van der Waals surface area (Å²) in [4.78, 5) is 15.2. The monoisotopic (exact) mass is 241 g/mol. The first kappa shape index (κ1) is 12.6. The van der Waals surface area contributed by atoms with Gasteiger partial charge in [0.2, 0.25) is 0 Å². The summed E-state index contributed by atoms with van der Waals surface area (Å²) >= 11 is 0. The Hall–Kier alpha value is -1.83. The number of fused-ring (bicyclic) bond motifs is 1. The fourth-order valence-electron chi connectivity index (χ4n) is 2.08. The molecule has 1 aromatic heterocycles. The first-order valence-electron chi connectivity index (χ1n) is 6.57. The van der Waals surface area contributed by atoms with Gasteiger partial charge in [-0.3, -0.25) is 4.79 Å². The van der Waals surface area contributed by atoms with Crippen molar-refractivity contribution in [2.24, 2.45) is 0 Å². The third-order valence-electron chi connectivity index (χ3n) is 3.01. The average Bonchev–Trinajstić information content (AvgIpc) is 2.39. The number of hydrogen-bond acceptors (Lipinski definition) is 1. The van der Waals surface area contributed by atoms with Crippen molar-refractivity contribution in [3.05, 3.63) is 58.4 Å². The molecule has 2 heteroatoms. The lowest BCUT2D eigenvalue weighted by atomic mass is 10.1. The van der Waals surface area contributed by atoms with E-state index in [2.05, 4.69) is 24.1 Å². The lowest BCUT2D eigenvalue weighted by molar-refractivity contribution is 0.819. The van der Waals surface area contributed by atoms with Crippen LogP contribution in [0.4, 0.5) is 0 Å². The third kappa shape index (κ3) is 3.10.